The molecule has 148 valence electrons. The third-order valence-corrected chi connectivity index (χ3v) is 4.90. The van der Waals surface area contributed by atoms with Gasteiger partial charge in [-0.1, -0.05) is 25.1 Å². The summed E-state index contributed by atoms with van der Waals surface area (Å²) in [5.74, 6) is -0.180. The van der Waals surface area contributed by atoms with Crippen molar-refractivity contribution >= 4 is 23.3 Å². The molecule has 0 saturated carbocycles. The highest BCUT2D eigenvalue weighted by Gasteiger charge is 2.20. The molecule has 2 aromatic rings. The summed E-state index contributed by atoms with van der Waals surface area (Å²) in [5.41, 5.74) is 1.95. The molecule has 0 unspecified atom stereocenters. The number of urea groups is 1. The lowest BCUT2D eigenvalue weighted by Crippen LogP contribution is -2.46. The van der Waals surface area contributed by atoms with E-state index in [1.807, 2.05) is 30.3 Å². The fourth-order valence-electron chi connectivity index (χ4n) is 3.40. The SMILES string of the molecule is CCCN1CCC(NC(=O)Nc2ccc(C(=O)Nc3ccccc3)cc2)CC1. The van der Waals surface area contributed by atoms with E-state index in [2.05, 4.69) is 27.8 Å². The number of amides is 3. The number of carbonyl (C=O) groups is 2. The van der Waals surface area contributed by atoms with Crippen molar-refractivity contribution in [3.05, 3.63) is 60.2 Å². The van der Waals surface area contributed by atoms with Crippen molar-refractivity contribution in [3.8, 4) is 0 Å². The summed E-state index contributed by atoms with van der Waals surface area (Å²) in [7, 11) is 0. The van der Waals surface area contributed by atoms with Crippen LogP contribution in [0.25, 0.3) is 0 Å². The van der Waals surface area contributed by atoms with Gasteiger partial charge in [-0.3, -0.25) is 4.79 Å². The molecule has 1 heterocycles. The Morgan fingerprint density at radius 3 is 2.21 bits per heavy atom. The molecule has 1 fully saturated rings. The number of nitrogens with one attached hydrogen (secondary N) is 3. The third kappa shape index (κ3) is 5.82. The Hall–Kier alpha value is -2.86. The van der Waals surface area contributed by atoms with Crippen LogP contribution in [-0.2, 0) is 0 Å². The Morgan fingerprint density at radius 1 is 0.929 bits per heavy atom. The van der Waals surface area contributed by atoms with Crippen molar-refractivity contribution < 1.29 is 9.59 Å². The Kier molecular flexibility index (Phi) is 7.03. The van der Waals surface area contributed by atoms with E-state index in [9.17, 15) is 9.59 Å². The van der Waals surface area contributed by atoms with Crippen molar-refractivity contribution in [2.45, 2.75) is 32.2 Å². The molecule has 6 nitrogen and oxygen atoms in total. The van der Waals surface area contributed by atoms with Crippen LogP contribution in [0.1, 0.15) is 36.5 Å². The van der Waals surface area contributed by atoms with Gasteiger partial charge in [0.15, 0.2) is 0 Å². The summed E-state index contributed by atoms with van der Waals surface area (Å²) in [4.78, 5) is 26.9. The van der Waals surface area contributed by atoms with Crippen molar-refractivity contribution in [3.63, 3.8) is 0 Å². The van der Waals surface area contributed by atoms with Gasteiger partial charge in [0.1, 0.15) is 0 Å². The standard InChI is InChI=1S/C22H28N4O2/c1-2-14-26-15-12-20(13-16-26)25-22(28)24-19-10-8-17(9-11-19)21(27)23-18-6-4-3-5-7-18/h3-11,20H,2,12-16H2,1H3,(H,23,27)(H2,24,25,28). The summed E-state index contributed by atoms with van der Waals surface area (Å²) in [5, 5.41) is 8.73. The molecule has 3 amide bonds. The Bertz CT molecular complexity index is 769. The fourth-order valence-corrected chi connectivity index (χ4v) is 3.40. The predicted molar refractivity (Wildman–Crippen MR) is 113 cm³/mol. The molecule has 1 saturated heterocycles. The minimum absolute atomic E-state index is 0.180. The first-order valence-corrected chi connectivity index (χ1v) is 9.90. The maximum absolute atomic E-state index is 12.3. The van der Waals surface area contributed by atoms with Crippen molar-refractivity contribution in [1.82, 2.24) is 10.2 Å². The van der Waals surface area contributed by atoms with Crippen molar-refractivity contribution in [2.24, 2.45) is 0 Å². The number of nitrogens with zero attached hydrogens (tertiary/aromatic N) is 1. The number of hydrogen-bond acceptors (Lipinski definition) is 3. The molecule has 1 aliphatic rings. The van der Waals surface area contributed by atoms with Crippen LogP contribution in [0.5, 0.6) is 0 Å². The van der Waals surface area contributed by atoms with E-state index in [1.54, 1.807) is 24.3 Å². The molecule has 3 N–H and O–H groups in total. The van der Waals surface area contributed by atoms with Crippen LogP contribution in [0, 0.1) is 0 Å². The van der Waals surface area contributed by atoms with Crippen LogP contribution in [0.15, 0.2) is 54.6 Å². The van der Waals surface area contributed by atoms with Gasteiger partial charge in [-0.05, 0) is 62.2 Å². The number of likely N-dealkylation sites (tertiary alicyclic amines) is 1. The second kappa shape index (κ2) is 9.90. The summed E-state index contributed by atoms with van der Waals surface area (Å²) in [6.45, 7) is 5.38. The lowest BCUT2D eigenvalue weighted by Gasteiger charge is -2.32. The first-order chi connectivity index (χ1) is 13.6. The van der Waals surface area contributed by atoms with Crippen LogP contribution in [0.3, 0.4) is 0 Å². The normalized spacial score (nSPS) is 15.0. The van der Waals surface area contributed by atoms with Gasteiger partial charge >= 0.3 is 6.03 Å². The fraction of sp³-hybridized carbons (Fsp3) is 0.364. The number of benzene rings is 2. The molecule has 2 aromatic carbocycles. The van der Waals surface area contributed by atoms with Crippen LogP contribution >= 0.6 is 0 Å². The quantitative estimate of drug-likeness (QED) is 0.711. The molecular weight excluding hydrogens is 352 g/mol. The molecule has 0 radical (unpaired) electrons. The number of anilines is 2. The summed E-state index contributed by atoms with van der Waals surface area (Å²) in [6, 6.07) is 16.2. The number of rotatable bonds is 6. The minimum atomic E-state index is -0.199. The molecular formula is C22H28N4O2. The van der Waals surface area contributed by atoms with Gasteiger partial charge in [0, 0.05) is 36.1 Å². The molecule has 1 aliphatic heterocycles. The van der Waals surface area contributed by atoms with Crippen LogP contribution in [0.4, 0.5) is 16.2 Å². The molecule has 28 heavy (non-hydrogen) atoms. The van der Waals surface area contributed by atoms with E-state index in [0.29, 0.717) is 11.3 Å². The zero-order valence-corrected chi connectivity index (χ0v) is 16.3. The van der Waals surface area contributed by atoms with Gasteiger partial charge in [-0.2, -0.15) is 0 Å². The van der Waals surface area contributed by atoms with E-state index in [-0.39, 0.29) is 18.0 Å². The number of para-hydroxylation sites is 1. The zero-order valence-electron chi connectivity index (χ0n) is 16.3. The third-order valence-electron chi connectivity index (χ3n) is 4.90. The van der Waals surface area contributed by atoms with Gasteiger partial charge in [0.25, 0.3) is 5.91 Å². The minimum Gasteiger partial charge on any atom is -0.335 e. The van der Waals surface area contributed by atoms with Crippen LogP contribution in [-0.4, -0.2) is 42.5 Å². The summed E-state index contributed by atoms with van der Waals surface area (Å²) in [6.07, 6.45) is 3.12. The molecule has 6 heteroatoms. The van der Waals surface area contributed by atoms with Gasteiger partial charge in [-0.25, -0.2) is 4.79 Å². The van der Waals surface area contributed by atoms with E-state index in [1.165, 1.54) is 0 Å². The van der Waals surface area contributed by atoms with Crippen LogP contribution in [0.2, 0.25) is 0 Å². The Morgan fingerprint density at radius 2 is 1.57 bits per heavy atom. The lowest BCUT2D eigenvalue weighted by atomic mass is 10.1. The highest BCUT2D eigenvalue weighted by Crippen LogP contribution is 2.14. The predicted octanol–water partition coefficient (Wildman–Crippen LogP) is 3.93. The monoisotopic (exact) mass is 380 g/mol. The van der Waals surface area contributed by atoms with Gasteiger partial charge in [-0.15, -0.1) is 0 Å². The van der Waals surface area contributed by atoms with Crippen molar-refractivity contribution in [2.75, 3.05) is 30.3 Å². The van der Waals surface area contributed by atoms with Crippen molar-refractivity contribution in [1.29, 1.82) is 0 Å². The molecule has 0 aromatic heterocycles. The zero-order chi connectivity index (χ0) is 19.8. The van der Waals surface area contributed by atoms with E-state index in [4.69, 9.17) is 0 Å². The molecule has 0 spiro atoms. The lowest BCUT2D eigenvalue weighted by molar-refractivity contribution is 0.102. The van der Waals surface area contributed by atoms with E-state index in [0.717, 1.165) is 44.6 Å². The number of carbonyl (C=O) groups excluding carboxylic acids is 2. The molecule has 0 aliphatic carbocycles. The number of piperidine rings is 1. The second-order valence-electron chi connectivity index (χ2n) is 7.11. The second-order valence-corrected chi connectivity index (χ2v) is 7.11. The van der Waals surface area contributed by atoms with E-state index < -0.39 is 0 Å². The van der Waals surface area contributed by atoms with Gasteiger partial charge in [0.2, 0.25) is 0 Å². The molecule has 0 bridgehead atoms. The van der Waals surface area contributed by atoms with Gasteiger partial charge in [0.05, 0.1) is 0 Å². The highest BCUT2D eigenvalue weighted by atomic mass is 16.2. The van der Waals surface area contributed by atoms with E-state index >= 15 is 0 Å². The topological polar surface area (TPSA) is 73.5 Å². The maximum atomic E-state index is 12.3. The van der Waals surface area contributed by atoms with Gasteiger partial charge < -0.3 is 20.9 Å². The summed E-state index contributed by atoms with van der Waals surface area (Å²) < 4.78 is 0. The maximum Gasteiger partial charge on any atom is 0.319 e. The molecule has 0 atom stereocenters. The van der Waals surface area contributed by atoms with Crippen LogP contribution < -0.4 is 16.0 Å². The highest BCUT2D eigenvalue weighted by molar-refractivity contribution is 6.04. The largest absolute Gasteiger partial charge is 0.335 e. The average molecular weight is 380 g/mol. The Labute approximate surface area is 166 Å². The Balaban J connectivity index is 1.46. The smallest absolute Gasteiger partial charge is 0.319 e. The first-order valence-electron chi connectivity index (χ1n) is 9.90. The molecule has 3 rings (SSSR count). The first kappa shape index (κ1) is 19.9. The average Bonchev–Trinajstić information content (AvgIpc) is 2.71. The summed E-state index contributed by atoms with van der Waals surface area (Å²) >= 11 is 0. The number of hydrogen-bond donors (Lipinski definition) is 3.